The summed E-state index contributed by atoms with van der Waals surface area (Å²) in [5.74, 6) is -0.234. The van der Waals surface area contributed by atoms with Gasteiger partial charge in [-0.15, -0.1) is 0 Å². The van der Waals surface area contributed by atoms with Crippen molar-refractivity contribution in [2.45, 2.75) is 6.92 Å². The summed E-state index contributed by atoms with van der Waals surface area (Å²) in [6.07, 6.45) is 0. The molecule has 0 amide bonds. The Morgan fingerprint density at radius 2 is 1.78 bits per heavy atom. The molecule has 1 aromatic heterocycles. The summed E-state index contributed by atoms with van der Waals surface area (Å²) < 4.78 is 16.4. The number of esters is 1. The second-order valence-corrected chi connectivity index (χ2v) is 6.32. The van der Waals surface area contributed by atoms with Gasteiger partial charge in [0.2, 0.25) is 0 Å². The van der Waals surface area contributed by atoms with E-state index < -0.39 is 5.97 Å². The third-order valence-electron chi connectivity index (χ3n) is 4.68. The number of methoxy groups -OCH3 is 2. The molecule has 0 bridgehead atoms. The summed E-state index contributed by atoms with van der Waals surface area (Å²) >= 11 is 0. The molecule has 0 aliphatic rings. The molecule has 136 valence electrons. The lowest BCUT2D eigenvalue weighted by molar-refractivity contribution is 0.0600. The van der Waals surface area contributed by atoms with E-state index in [1.54, 1.807) is 13.2 Å². The Hall–Kier alpha value is -3.47. The number of aryl methyl sites for hydroxylation is 1. The zero-order chi connectivity index (χ0) is 19.1. The number of hydrogen-bond acceptors (Lipinski definition) is 5. The Labute approximate surface area is 155 Å². The Morgan fingerprint density at radius 3 is 2.44 bits per heavy atom. The first-order valence-electron chi connectivity index (χ1n) is 8.45. The molecule has 0 radical (unpaired) electrons. The van der Waals surface area contributed by atoms with Crippen LogP contribution >= 0.6 is 0 Å². The number of phenolic OH excluding ortho intramolecular Hbond substituents is 1. The molecule has 0 spiro atoms. The smallest absolute Gasteiger partial charge is 0.342 e. The second kappa shape index (κ2) is 6.36. The van der Waals surface area contributed by atoms with E-state index in [-0.39, 0.29) is 11.3 Å². The lowest BCUT2D eigenvalue weighted by Crippen LogP contribution is -2.02. The van der Waals surface area contributed by atoms with Crippen molar-refractivity contribution in [2.24, 2.45) is 0 Å². The molecule has 1 heterocycles. The van der Waals surface area contributed by atoms with E-state index >= 15 is 0 Å². The average molecular weight is 362 g/mol. The van der Waals surface area contributed by atoms with Crippen LogP contribution in [0.5, 0.6) is 11.5 Å². The monoisotopic (exact) mass is 362 g/mol. The number of furan rings is 1. The van der Waals surface area contributed by atoms with E-state index in [0.29, 0.717) is 33.3 Å². The molecule has 4 aromatic rings. The fourth-order valence-electron chi connectivity index (χ4n) is 3.35. The van der Waals surface area contributed by atoms with Crippen LogP contribution in [0.2, 0.25) is 0 Å². The van der Waals surface area contributed by atoms with Gasteiger partial charge >= 0.3 is 5.97 Å². The average Bonchev–Trinajstić information content (AvgIpc) is 3.07. The predicted molar refractivity (Wildman–Crippen MR) is 103 cm³/mol. The van der Waals surface area contributed by atoms with E-state index in [2.05, 4.69) is 0 Å². The Bertz CT molecular complexity index is 1170. The fourth-order valence-corrected chi connectivity index (χ4v) is 3.35. The first-order chi connectivity index (χ1) is 13.0. The number of hydrogen-bond donors (Lipinski definition) is 1. The minimum absolute atomic E-state index is 0.0790. The standard InChI is InChI=1S/C22H18O5/c1-12-7-9-13(10-8-12)15-11-16(23)19(22(24)26-3)18-14-5-4-6-17(25-2)20(14)27-21(15)18/h4-11,23H,1-3H3. The predicted octanol–water partition coefficient (Wildman–Crippen LogP) is 5.06. The summed E-state index contributed by atoms with van der Waals surface area (Å²) in [4.78, 5) is 12.4. The minimum atomic E-state index is -0.626. The highest BCUT2D eigenvalue weighted by atomic mass is 16.5. The summed E-state index contributed by atoms with van der Waals surface area (Å²) in [7, 11) is 2.84. The summed E-state index contributed by atoms with van der Waals surface area (Å²) in [6, 6.07) is 14.8. The van der Waals surface area contributed by atoms with Crippen LogP contribution < -0.4 is 4.74 Å². The van der Waals surface area contributed by atoms with E-state index in [1.807, 2.05) is 43.3 Å². The highest BCUT2D eigenvalue weighted by molar-refractivity contribution is 6.20. The molecule has 0 aliphatic carbocycles. The molecule has 5 nitrogen and oxygen atoms in total. The number of carbonyl (C=O) groups is 1. The normalized spacial score (nSPS) is 11.1. The lowest BCUT2D eigenvalue weighted by atomic mass is 9.97. The Balaban J connectivity index is 2.18. The van der Waals surface area contributed by atoms with Crippen molar-refractivity contribution in [3.63, 3.8) is 0 Å². The molecule has 1 N–H and O–H groups in total. The van der Waals surface area contributed by atoms with Gasteiger partial charge in [0.25, 0.3) is 0 Å². The third kappa shape index (κ3) is 2.59. The first kappa shape index (κ1) is 17.0. The number of ether oxygens (including phenoxy) is 2. The number of benzene rings is 3. The minimum Gasteiger partial charge on any atom is -0.507 e. The van der Waals surface area contributed by atoms with Crippen molar-refractivity contribution in [3.8, 4) is 22.6 Å². The van der Waals surface area contributed by atoms with E-state index in [9.17, 15) is 9.90 Å². The molecule has 4 rings (SSSR count). The summed E-state index contributed by atoms with van der Waals surface area (Å²) in [5.41, 5.74) is 3.77. The van der Waals surface area contributed by atoms with Gasteiger partial charge in [-0.25, -0.2) is 4.79 Å². The highest BCUT2D eigenvalue weighted by Crippen LogP contribution is 2.44. The SMILES string of the molecule is COC(=O)c1c(O)cc(-c2ccc(C)cc2)c2oc3c(OC)cccc3c12. The Morgan fingerprint density at radius 1 is 1.04 bits per heavy atom. The van der Waals surface area contributed by atoms with Gasteiger partial charge in [-0.1, -0.05) is 42.0 Å². The summed E-state index contributed by atoms with van der Waals surface area (Å²) in [6.45, 7) is 2.00. The number of carbonyl (C=O) groups excluding carboxylic acids is 1. The van der Waals surface area contributed by atoms with Gasteiger partial charge in [0.1, 0.15) is 16.9 Å². The van der Waals surface area contributed by atoms with Crippen LogP contribution in [-0.2, 0) is 4.74 Å². The van der Waals surface area contributed by atoms with Crippen LogP contribution in [0.1, 0.15) is 15.9 Å². The third-order valence-corrected chi connectivity index (χ3v) is 4.68. The van der Waals surface area contributed by atoms with Gasteiger partial charge in [0, 0.05) is 16.3 Å². The van der Waals surface area contributed by atoms with Crippen molar-refractivity contribution in [3.05, 3.63) is 59.7 Å². The van der Waals surface area contributed by atoms with Gasteiger partial charge in [0.05, 0.1) is 14.2 Å². The first-order valence-corrected chi connectivity index (χ1v) is 8.45. The molecule has 0 aliphatic heterocycles. The molecular formula is C22H18O5. The van der Waals surface area contributed by atoms with Crippen LogP contribution in [0.4, 0.5) is 0 Å². The van der Waals surface area contributed by atoms with Gasteiger partial charge in [0.15, 0.2) is 11.3 Å². The zero-order valence-electron chi connectivity index (χ0n) is 15.2. The fraction of sp³-hybridized carbons (Fsp3) is 0.136. The molecular weight excluding hydrogens is 344 g/mol. The van der Waals surface area contributed by atoms with Gasteiger partial charge < -0.3 is 19.0 Å². The van der Waals surface area contributed by atoms with Gasteiger partial charge in [-0.2, -0.15) is 0 Å². The van der Waals surface area contributed by atoms with Crippen LogP contribution in [0.25, 0.3) is 33.1 Å². The van der Waals surface area contributed by atoms with Crippen molar-refractivity contribution >= 4 is 27.9 Å². The second-order valence-electron chi connectivity index (χ2n) is 6.32. The molecule has 0 saturated carbocycles. The molecule has 0 fully saturated rings. The number of rotatable bonds is 3. The molecule has 5 heteroatoms. The number of phenols is 1. The maximum atomic E-state index is 12.4. The largest absolute Gasteiger partial charge is 0.507 e. The maximum Gasteiger partial charge on any atom is 0.342 e. The maximum absolute atomic E-state index is 12.4. The quantitative estimate of drug-likeness (QED) is 0.516. The molecule has 0 saturated heterocycles. The summed E-state index contributed by atoms with van der Waals surface area (Å²) in [5, 5.41) is 11.8. The van der Waals surface area contributed by atoms with Gasteiger partial charge in [-0.3, -0.25) is 0 Å². The molecule has 3 aromatic carbocycles. The topological polar surface area (TPSA) is 68.9 Å². The van der Waals surface area contributed by atoms with Crippen LogP contribution in [0, 0.1) is 6.92 Å². The number of aromatic hydroxyl groups is 1. The number of para-hydroxylation sites is 1. The zero-order valence-corrected chi connectivity index (χ0v) is 15.2. The van der Waals surface area contributed by atoms with E-state index in [4.69, 9.17) is 13.9 Å². The molecule has 27 heavy (non-hydrogen) atoms. The lowest BCUT2D eigenvalue weighted by Gasteiger charge is -2.09. The van der Waals surface area contributed by atoms with Crippen molar-refractivity contribution < 1.29 is 23.8 Å². The van der Waals surface area contributed by atoms with E-state index in [0.717, 1.165) is 11.1 Å². The Kier molecular flexibility index (Phi) is 4.00. The highest BCUT2D eigenvalue weighted by Gasteiger charge is 2.25. The number of fused-ring (bicyclic) bond motifs is 3. The van der Waals surface area contributed by atoms with Crippen molar-refractivity contribution in [2.75, 3.05) is 14.2 Å². The van der Waals surface area contributed by atoms with E-state index in [1.165, 1.54) is 13.2 Å². The van der Waals surface area contributed by atoms with Crippen molar-refractivity contribution in [1.29, 1.82) is 0 Å². The van der Waals surface area contributed by atoms with Crippen LogP contribution in [0.3, 0.4) is 0 Å². The van der Waals surface area contributed by atoms with Crippen molar-refractivity contribution in [1.82, 2.24) is 0 Å². The van der Waals surface area contributed by atoms with Crippen LogP contribution in [-0.4, -0.2) is 25.3 Å². The molecule has 0 unspecified atom stereocenters. The van der Waals surface area contributed by atoms with Crippen LogP contribution in [0.15, 0.2) is 52.9 Å². The molecule has 0 atom stereocenters. The van der Waals surface area contributed by atoms with Gasteiger partial charge in [-0.05, 0) is 24.6 Å².